The zero-order chi connectivity index (χ0) is 15.6. The summed E-state index contributed by atoms with van der Waals surface area (Å²) in [6, 6.07) is 0.148. The predicted molar refractivity (Wildman–Crippen MR) is 77.1 cm³/mol. The average molecular weight is 316 g/mol. The van der Waals surface area contributed by atoms with Crippen molar-refractivity contribution in [3.63, 3.8) is 0 Å². The van der Waals surface area contributed by atoms with E-state index in [1.807, 2.05) is 13.8 Å². The Morgan fingerprint density at radius 3 is 2.52 bits per heavy atom. The quantitative estimate of drug-likeness (QED) is 0.840. The molecule has 1 fully saturated rings. The van der Waals surface area contributed by atoms with E-state index in [9.17, 15) is 13.2 Å². The van der Waals surface area contributed by atoms with Gasteiger partial charge in [-0.2, -0.15) is 17.8 Å². The molecular weight excluding hydrogens is 296 g/mol. The minimum absolute atomic E-state index is 0.148. The molecule has 21 heavy (non-hydrogen) atoms. The largest absolute Gasteiger partial charge is 0.481 e. The molecular formula is C12H20N4O4S. The molecule has 9 heteroatoms. The number of hydrogen-bond acceptors (Lipinski definition) is 4. The minimum atomic E-state index is -3.66. The monoisotopic (exact) mass is 316 g/mol. The summed E-state index contributed by atoms with van der Waals surface area (Å²) in [6.07, 6.45) is 3.76. The Morgan fingerprint density at radius 2 is 2.05 bits per heavy atom. The van der Waals surface area contributed by atoms with Gasteiger partial charge in [0, 0.05) is 25.3 Å². The summed E-state index contributed by atoms with van der Waals surface area (Å²) in [5.41, 5.74) is 0.407. The van der Waals surface area contributed by atoms with Crippen LogP contribution >= 0.6 is 0 Å². The van der Waals surface area contributed by atoms with Crippen LogP contribution in [0.1, 0.15) is 32.7 Å². The Kier molecular flexibility index (Phi) is 4.52. The van der Waals surface area contributed by atoms with Gasteiger partial charge in [-0.05, 0) is 26.7 Å². The van der Waals surface area contributed by atoms with Crippen LogP contribution in [0.15, 0.2) is 12.4 Å². The first-order chi connectivity index (χ1) is 9.79. The highest BCUT2D eigenvalue weighted by Crippen LogP contribution is 2.21. The summed E-state index contributed by atoms with van der Waals surface area (Å²) in [6.45, 7) is 4.32. The maximum Gasteiger partial charge on any atom is 0.306 e. The Labute approximate surface area is 123 Å². The third kappa shape index (κ3) is 3.73. The second-order valence-corrected chi connectivity index (χ2v) is 7.09. The van der Waals surface area contributed by atoms with Crippen molar-refractivity contribution in [2.24, 2.45) is 5.92 Å². The number of carbonyl (C=O) groups is 1. The first-order valence-corrected chi connectivity index (χ1v) is 8.28. The van der Waals surface area contributed by atoms with Crippen LogP contribution in [-0.2, 0) is 15.0 Å². The van der Waals surface area contributed by atoms with Gasteiger partial charge in [0.15, 0.2) is 0 Å². The van der Waals surface area contributed by atoms with Crippen LogP contribution in [0.2, 0.25) is 0 Å². The number of nitrogens with one attached hydrogen (secondary N) is 1. The van der Waals surface area contributed by atoms with Crippen LogP contribution in [-0.4, -0.2) is 46.7 Å². The Hall–Kier alpha value is -1.61. The molecule has 1 aliphatic rings. The van der Waals surface area contributed by atoms with Crippen LogP contribution in [0.4, 0.5) is 5.69 Å². The molecule has 0 aliphatic carbocycles. The summed E-state index contributed by atoms with van der Waals surface area (Å²) in [7, 11) is -3.66. The fourth-order valence-electron chi connectivity index (χ4n) is 2.23. The van der Waals surface area contributed by atoms with E-state index in [1.54, 1.807) is 10.9 Å². The van der Waals surface area contributed by atoms with E-state index in [1.165, 1.54) is 10.5 Å². The van der Waals surface area contributed by atoms with Crippen LogP contribution in [0.3, 0.4) is 0 Å². The molecule has 1 aromatic heterocycles. The Bertz CT molecular complexity index is 603. The molecule has 1 aliphatic heterocycles. The van der Waals surface area contributed by atoms with Gasteiger partial charge in [0.25, 0.3) is 0 Å². The molecule has 118 valence electrons. The van der Waals surface area contributed by atoms with Crippen molar-refractivity contribution in [2.45, 2.75) is 32.7 Å². The SMILES string of the molecule is CC(C)n1cc(NS(=O)(=O)N2CCC(C(=O)O)CC2)cn1. The molecule has 1 aromatic rings. The molecule has 0 atom stereocenters. The predicted octanol–water partition coefficient (Wildman–Crippen LogP) is 0.917. The number of hydrogen-bond donors (Lipinski definition) is 2. The summed E-state index contributed by atoms with van der Waals surface area (Å²) in [4.78, 5) is 10.9. The van der Waals surface area contributed by atoms with Gasteiger partial charge < -0.3 is 5.11 Å². The molecule has 0 aromatic carbocycles. The van der Waals surface area contributed by atoms with Gasteiger partial charge in [-0.15, -0.1) is 0 Å². The minimum Gasteiger partial charge on any atom is -0.481 e. The number of aromatic nitrogens is 2. The highest BCUT2D eigenvalue weighted by atomic mass is 32.2. The number of rotatable bonds is 5. The molecule has 2 rings (SSSR count). The van der Waals surface area contributed by atoms with E-state index >= 15 is 0 Å². The van der Waals surface area contributed by atoms with E-state index in [4.69, 9.17) is 5.11 Å². The van der Waals surface area contributed by atoms with E-state index in [2.05, 4.69) is 9.82 Å². The lowest BCUT2D eigenvalue weighted by atomic mass is 9.99. The molecule has 0 bridgehead atoms. The topological polar surface area (TPSA) is 105 Å². The fraction of sp³-hybridized carbons (Fsp3) is 0.667. The molecule has 2 N–H and O–H groups in total. The number of anilines is 1. The smallest absolute Gasteiger partial charge is 0.306 e. The summed E-state index contributed by atoms with van der Waals surface area (Å²) in [5, 5.41) is 13.0. The first kappa shape index (κ1) is 15.8. The van der Waals surface area contributed by atoms with Crippen LogP contribution in [0.5, 0.6) is 0 Å². The average Bonchev–Trinajstić information content (AvgIpc) is 2.87. The van der Waals surface area contributed by atoms with Gasteiger partial charge in [0.1, 0.15) is 0 Å². The van der Waals surface area contributed by atoms with Gasteiger partial charge >= 0.3 is 16.2 Å². The molecule has 0 spiro atoms. The van der Waals surface area contributed by atoms with Crippen molar-refractivity contribution < 1.29 is 18.3 Å². The van der Waals surface area contributed by atoms with Crippen molar-refractivity contribution in [3.05, 3.63) is 12.4 Å². The molecule has 8 nitrogen and oxygen atoms in total. The Balaban J connectivity index is 2.00. The maximum absolute atomic E-state index is 12.2. The summed E-state index contributed by atoms with van der Waals surface area (Å²) in [5.74, 6) is -1.32. The van der Waals surface area contributed by atoms with Gasteiger partial charge in [-0.3, -0.25) is 14.2 Å². The van der Waals surface area contributed by atoms with Crippen molar-refractivity contribution in [2.75, 3.05) is 17.8 Å². The van der Waals surface area contributed by atoms with Crippen molar-refractivity contribution in [1.29, 1.82) is 0 Å². The van der Waals surface area contributed by atoms with Crippen molar-refractivity contribution in [3.8, 4) is 0 Å². The lowest BCUT2D eigenvalue weighted by molar-refractivity contribution is -0.142. The Morgan fingerprint density at radius 1 is 1.43 bits per heavy atom. The normalized spacial score (nSPS) is 18.0. The second kappa shape index (κ2) is 6.02. The van der Waals surface area contributed by atoms with E-state index in [0.29, 0.717) is 18.5 Å². The fourth-order valence-corrected chi connectivity index (χ4v) is 3.45. The van der Waals surface area contributed by atoms with Gasteiger partial charge in [-0.1, -0.05) is 0 Å². The molecule has 0 saturated carbocycles. The van der Waals surface area contributed by atoms with Crippen LogP contribution in [0, 0.1) is 5.92 Å². The zero-order valence-corrected chi connectivity index (χ0v) is 12.9. The van der Waals surface area contributed by atoms with Gasteiger partial charge in [0.2, 0.25) is 0 Å². The number of aliphatic carboxylic acids is 1. The zero-order valence-electron chi connectivity index (χ0n) is 12.1. The highest BCUT2D eigenvalue weighted by molar-refractivity contribution is 7.90. The number of carboxylic acids is 1. The van der Waals surface area contributed by atoms with Crippen molar-refractivity contribution >= 4 is 21.9 Å². The molecule has 1 saturated heterocycles. The molecule has 2 heterocycles. The number of piperidine rings is 1. The number of carboxylic acid groups (broad SMARTS) is 1. The van der Waals surface area contributed by atoms with Gasteiger partial charge in [0.05, 0.1) is 17.8 Å². The van der Waals surface area contributed by atoms with Crippen LogP contribution < -0.4 is 4.72 Å². The van der Waals surface area contributed by atoms with E-state index < -0.39 is 22.1 Å². The van der Waals surface area contributed by atoms with Crippen molar-refractivity contribution in [1.82, 2.24) is 14.1 Å². The van der Waals surface area contributed by atoms with Crippen LogP contribution in [0.25, 0.3) is 0 Å². The highest BCUT2D eigenvalue weighted by Gasteiger charge is 2.31. The van der Waals surface area contributed by atoms with E-state index in [0.717, 1.165) is 0 Å². The maximum atomic E-state index is 12.2. The summed E-state index contributed by atoms with van der Waals surface area (Å²) >= 11 is 0. The molecule has 0 radical (unpaired) electrons. The molecule has 0 amide bonds. The first-order valence-electron chi connectivity index (χ1n) is 6.84. The van der Waals surface area contributed by atoms with E-state index in [-0.39, 0.29) is 19.1 Å². The lowest BCUT2D eigenvalue weighted by Crippen LogP contribution is -2.42. The second-order valence-electron chi connectivity index (χ2n) is 5.42. The number of nitrogens with zero attached hydrogens (tertiary/aromatic N) is 3. The standard InChI is InChI=1S/C12H20N4O4S/c1-9(2)16-8-11(7-13-16)14-21(19,20)15-5-3-10(4-6-15)12(17)18/h7-10,14H,3-6H2,1-2H3,(H,17,18). The van der Waals surface area contributed by atoms with Gasteiger partial charge in [-0.25, -0.2) is 0 Å². The third-order valence-electron chi connectivity index (χ3n) is 3.52. The molecule has 0 unspecified atom stereocenters. The summed E-state index contributed by atoms with van der Waals surface area (Å²) < 4.78 is 29.9. The lowest BCUT2D eigenvalue weighted by Gasteiger charge is -2.29. The third-order valence-corrected chi connectivity index (χ3v) is 5.06.